The summed E-state index contributed by atoms with van der Waals surface area (Å²) in [5.41, 5.74) is 10.2. The summed E-state index contributed by atoms with van der Waals surface area (Å²) in [6.07, 6.45) is 2.82. The summed E-state index contributed by atoms with van der Waals surface area (Å²) in [5, 5.41) is 11.9. The Bertz CT molecular complexity index is 1410. The third kappa shape index (κ3) is 4.57. The van der Waals surface area contributed by atoms with Crippen LogP contribution in [0.1, 0.15) is 29.8 Å². The van der Waals surface area contributed by atoms with E-state index in [4.69, 9.17) is 15.6 Å². The average Bonchev–Trinajstić information content (AvgIpc) is 3.56. The molecule has 180 valence electrons. The van der Waals surface area contributed by atoms with Gasteiger partial charge in [-0.15, -0.1) is 0 Å². The van der Waals surface area contributed by atoms with Gasteiger partial charge in [0.15, 0.2) is 5.82 Å². The molecule has 1 amide bonds. The third-order valence-corrected chi connectivity index (χ3v) is 6.04. The van der Waals surface area contributed by atoms with Crippen LogP contribution in [-0.4, -0.2) is 35.6 Å². The van der Waals surface area contributed by atoms with Crippen LogP contribution in [0, 0.1) is 32.5 Å². The number of nitrogens with one attached hydrogen (secondary N) is 1. The highest BCUT2D eigenvalue weighted by atomic mass is 19.1. The van der Waals surface area contributed by atoms with E-state index in [-0.39, 0.29) is 11.7 Å². The van der Waals surface area contributed by atoms with Crippen molar-refractivity contribution in [3.8, 4) is 23.0 Å². The molecule has 1 fully saturated rings. The molecule has 5 rings (SSSR count). The van der Waals surface area contributed by atoms with Gasteiger partial charge < -0.3 is 10.5 Å². The van der Waals surface area contributed by atoms with Gasteiger partial charge in [-0.1, -0.05) is 0 Å². The number of halogens is 1. The second-order valence-corrected chi connectivity index (χ2v) is 8.68. The van der Waals surface area contributed by atoms with Gasteiger partial charge in [-0.3, -0.25) is 5.32 Å². The lowest BCUT2D eigenvalue weighted by Gasteiger charge is -2.10. The molecule has 0 aliphatic heterocycles. The minimum atomic E-state index is -0.715. The molecule has 35 heavy (non-hydrogen) atoms. The molecule has 1 aromatic carbocycles. The van der Waals surface area contributed by atoms with Crippen LogP contribution in [0.4, 0.5) is 20.7 Å². The highest BCUT2D eigenvalue weighted by Gasteiger charge is 2.26. The number of carbonyl (C=O) groups excluding carboxylic acids is 1. The van der Waals surface area contributed by atoms with Crippen LogP contribution in [0.15, 0.2) is 36.7 Å². The van der Waals surface area contributed by atoms with Crippen LogP contribution >= 0.6 is 0 Å². The second kappa shape index (κ2) is 8.82. The summed E-state index contributed by atoms with van der Waals surface area (Å²) >= 11 is 0. The van der Waals surface area contributed by atoms with Crippen molar-refractivity contribution in [2.24, 2.45) is 5.92 Å². The Balaban J connectivity index is 1.39. The highest BCUT2D eigenvalue weighted by Crippen LogP contribution is 2.35. The Hall–Kier alpha value is -4.28. The maximum atomic E-state index is 13.4. The Morgan fingerprint density at radius 3 is 2.57 bits per heavy atom. The lowest BCUT2D eigenvalue weighted by atomic mass is 10.1. The number of nitrogens with zero attached hydrogens (tertiary/aromatic N) is 6. The van der Waals surface area contributed by atoms with Crippen molar-refractivity contribution in [2.45, 2.75) is 40.2 Å². The second-order valence-electron chi connectivity index (χ2n) is 8.68. The van der Waals surface area contributed by atoms with Crippen molar-refractivity contribution in [1.82, 2.24) is 29.5 Å². The minimum absolute atomic E-state index is 0.0586. The van der Waals surface area contributed by atoms with Crippen LogP contribution in [0.5, 0.6) is 5.88 Å². The van der Waals surface area contributed by atoms with Crippen molar-refractivity contribution < 1.29 is 13.9 Å². The van der Waals surface area contributed by atoms with Crippen molar-refractivity contribution in [1.29, 1.82) is 0 Å². The molecule has 1 aliphatic rings. The first-order valence-electron chi connectivity index (χ1n) is 11.3. The zero-order valence-corrected chi connectivity index (χ0v) is 19.6. The van der Waals surface area contributed by atoms with Crippen LogP contribution in [0.2, 0.25) is 0 Å². The number of amides is 1. The van der Waals surface area contributed by atoms with Crippen molar-refractivity contribution in [2.75, 3.05) is 11.1 Å². The fourth-order valence-electron chi connectivity index (χ4n) is 3.87. The van der Waals surface area contributed by atoms with Gasteiger partial charge in [-0.05, 0) is 63.8 Å². The Morgan fingerprint density at radius 1 is 1.17 bits per heavy atom. The maximum Gasteiger partial charge on any atom is 0.419 e. The zero-order valence-electron chi connectivity index (χ0n) is 19.6. The predicted molar refractivity (Wildman–Crippen MR) is 128 cm³/mol. The molecule has 0 bridgehead atoms. The molecule has 11 heteroatoms. The van der Waals surface area contributed by atoms with Crippen LogP contribution in [0.25, 0.3) is 17.1 Å². The molecule has 0 spiro atoms. The fraction of sp³-hybridized carbons (Fsp3) is 0.292. The largest absolute Gasteiger partial charge is 0.419 e. The van der Waals surface area contributed by atoms with Gasteiger partial charge in [0.1, 0.15) is 18.0 Å². The predicted octanol–water partition coefficient (Wildman–Crippen LogP) is 4.19. The summed E-state index contributed by atoms with van der Waals surface area (Å²) in [6.45, 7) is 6.17. The van der Waals surface area contributed by atoms with Gasteiger partial charge in [-0.2, -0.15) is 10.2 Å². The topological polar surface area (TPSA) is 126 Å². The standard InChI is InChI=1S/C24H25FN8O2/c1-13-22(17-6-8-18(25)9-7-17)31-32(11-16-4-5-16)23(13)29-24(34)35-20-10-19(27-12-28-20)33-15(3)21(26)14(2)30-33/h6-10,12,16H,4-5,11,26H2,1-3H3,(H,29,34). The van der Waals surface area contributed by atoms with E-state index in [1.807, 2.05) is 13.8 Å². The number of ether oxygens (including phenoxy) is 1. The van der Waals surface area contributed by atoms with Gasteiger partial charge in [-0.25, -0.2) is 28.5 Å². The number of rotatable bonds is 6. The lowest BCUT2D eigenvalue weighted by Crippen LogP contribution is -2.21. The summed E-state index contributed by atoms with van der Waals surface area (Å²) in [6, 6.07) is 7.62. The quantitative estimate of drug-likeness (QED) is 0.427. The Labute approximate surface area is 201 Å². The van der Waals surface area contributed by atoms with E-state index in [0.717, 1.165) is 29.7 Å². The number of aromatic nitrogens is 6. The van der Waals surface area contributed by atoms with Gasteiger partial charge in [0.2, 0.25) is 5.88 Å². The number of anilines is 2. The summed E-state index contributed by atoms with van der Waals surface area (Å²) in [5.74, 6) is 1.21. The van der Waals surface area contributed by atoms with Crippen LogP contribution in [-0.2, 0) is 6.54 Å². The molecule has 4 aromatic rings. The SMILES string of the molecule is Cc1nn(-c2cc(OC(=O)Nc3c(C)c(-c4ccc(F)cc4)nn3CC3CC3)ncn2)c(C)c1N. The summed E-state index contributed by atoms with van der Waals surface area (Å²) in [4.78, 5) is 21.1. The molecule has 10 nitrogen and oxygen atoms in total. The third-order valence-electron chi connectivity index (χ3n) is 6.04. The van der Waals surface area contributed by atoms with E-state index >= 15 is 0 Å². The first-order valence-corrected chi connectivity index (χ1v) is 11.3. The molecule has 0 unspecified atom stereocenters. The van der Waals surface area contributed by atoms with Gasteiger partial charge >= 0.3 is 6.09 Å². The van der Waals surface area contributed by atoms with Gasteiger partial charge in [0.05, 0.1) is 22.8 Å². The van der Waals surface area contributed by atoms with Crippen LogP contribution < -0.4 is 15.8 Å². The molecule has 1 aliphatic carbocycles. The fourth-order valence-corrected chi connectivity index (χ4v) is 3.87. The number of hydrogen-bond acceptors (Lipinski definition) is 7. The normalized spacial score (nSPS) is 13.1. The number of nitrogen functional groups attached to an aromatic ring is 1. The average molecular weight is 477 g/mol. The highest BCUT2D eigenvalue weighted by molar-refractivity contribution is 5.87. The smallest absolute Gasteiger partial charge is 0.396 e. The molecule has 3 aromatic heterocycles. The number of nitrogens with two attached hydrogens (primary N) is 1. The molecule has 1 saturated carbocycles. The Morgan fingerprint density at radius 2 is 1.91 bits per heavy atom. The Kier molecular flexibility index (Phi) is 5.67. The number of benzene rings is 1. The van der Waals surface area contributed by atoms with E-state index in [2.05, 4.69) is 20.4 Å². The summed E-state index contributed by atoms with van der Waals surface area (Å²) < 4.78 is 22.2. The van der Waals surface area contributed by atoms with Gasteiger partial charge in [0, 0.05) is 23.7 Å². The molecule has 0 atom stereocenters. The molecular weight excluding hydrogens is 451 g/mol. The van der Waals surface area contributed by atoms with Gasteiger partial charge in [0.25, 0.3) is 0 Å². The molecule has 0 saturated heterocycles. The monoisotopic (exact) mass is 476 g/mol. The van der Waals surface area contributed by atoms with E-state index in [1.165, 1.54) is 24.5 Å². The van der Waals surface area contributed by atoms with Crippen molar-refractivity contribution in [3.63, 3.8) is 0 Å². The number of aryl methyl sites for hydroxylation is 1. The van der Waals surface area contributed by atoms with Crippen LogP contribution in [0.3, 0.4) is 0 Å². The van der Waals surface area contributed by atoms with Crippen molar-refractivity contribution in [3.05, 3.63) is 59.4 Å². The van der Waals surface area contributed by atoms with E-state index in [9.17, 15) is 9.18 Å². The number of carbonyl (C=O) groups is 1. The lowest BCUT2D eigenvalue weighted by molar-refractivity contribution is 0.213. The maximum absolute atomic E-state index is 13.4. The zero-order chi connectivity index (χ0) is 24.7. The first-order chi connectivity index (χ1) is 16.8. The first kappa shape index (κ1) is 22.5. The van der Waals surface area contributed by atoms with E-state index < -0.39 is 6.09 Å². The van der Waals surface area contributed by atoms with E-state index in [1.54, 1.807) is 28.4 Å². The minimum Gasteiger partial charge on any atom is -0.396 e. The molecule has 3 N–H and O–H groups in total. The molecular formula is C24H25FN8O2. The number of hydrogen-bond donors (Lipinski definition) is 2. The molecule has 0 radical (unpaired) electrons. The molecule has 3 heterocycles. The van der Waals surface area contributed by atoms with Crippen molar-refractivity contribution >= 4 is 17.6 Å². The van der Waals surface area contributed by atoms with E-state index in [0.29, 0.717) is 41.2 Å². The summed E-state index contributed by atoms with van der Waals surface area (Å²) in [7, 11) is 0.